The van der Waals surface area contributed by atoms with Crippen molar-refractivity contribution in [1.82, 2.24) is 4.72 Å². The highest BCUT2D eigenvalue weighted by Crippen LogP contribution is 2.19. The van der Waals surface area contributed by atoms with E-state index >= 15 is 0 Å². The molecule has 0 heterocycles. The van der Waals surface area contributed by atoms with Gasteiger partial charge in [0, 0.05) is 24.4 Å². The summed E-state index contributed by atoms with van der Waals surface area (Å²) in [5, 5.41) is 13.2. The van der Waals surface area contributed by atoms with Crippen LogP contribution >= 0.6 is 0 Å². The Morgan fingerprint density at radius 3 is 2.36 bits per heavy atom. The maximum atomic E-state index is 12.2. The van der Waals surface area contributed by atoms with Crippen LogP contribution in [0.4, 0.5) is 11.4 Å². The smallest absolute Gasteiger partial charge is 0.269 e. The van der Waals surface area contributed by atoms with Crippen molar-refractivity contribution < 1.29 is 22.9 Å². The number of hydrogen-bond donors (Lipinski definition) is 2. The summed E-state index contributed by atoms with van der Waals surface area (Å²) in [7, 11) is -3.64. The van der Waals surface area contributed by atoms with E-state index in [1.807, 2.05) is 0 Å². The Morgan fingerprint density at radius 1 is 1.21 bits per heavy atom. The van der Waals surface area contributed by atoms with Crippen LogP contribution in [0.15, 0.2) is 66.1 Å². The number of nitrogens with zero attached hydrogens (tertiary/aromatic N) is 1. The van der Waals surface area contributed by atoms with E-state index in [-0.39, 0.29) is 17.1 Å². The molecule has 2 N–H and O–H groups in total. The van der Waals surface area contributed by atoms with E-state index in [1.54, 1.807) is 0 Å². The Kier molecular flexibility index (Phi) is 6.85. The van der Waals surface area contributed by atoms with Gasteiger partial charge in [0.25, 0.3) is 11.6 Å². The lowest BCUT2D eigenvalue weighted by atomic mass is 10.3. The Balaban J connectivity index is 1.98. The van der Waals surface area contributed by atoms with Crippen LogP contribution in [-0.4, -0.2) is 31.9 Å². The van der Waals surface area contributed by atoms with Gasteiger partial charge in [-0.1, -0.05) is 6.08 Å². The molecule has 0 aliphatic rings. The van der Waals surface area contributed by atoms with Crippen LogP contribution in [0.25, 0.3) is 0 Å². The van der Waals surface area contributed by atoms with Gasteiger partial charge < -0.3 is 10.1 Å². The topological polar surface area (TPSA) is 128 Å². The number of nitro benzene ring substituents is 1. The minimum absolute atomic E-state index is 0.0579. The molecule has 0 saturated heterocycles. The van der Waals surface area contributed by atoms with E-state index < -0.39 is 27.0 Å². The van der Waals surface area contributed by atoms with Crippen molar-refractivity contribution >= 4 is 27.3 Å². The van der Waals surface area contributed by atoms with Gasteiger partial charge in [0.15, 0.2) is 6.10 Å². The average Bonchev–Trinajstić information content (AvgIpc) is 2.67. The van der Waals surface area contributed by atoms with E-state index in [2.05, 4.69) is 16.6 Å². The number of non-ortho nitro benzene ring substituents is 1. The molecule has 2 aromatic carbocycles. The fourth-order valence-corrected chi connectivity index (χ4v) is 3.12. The molecule has 0 spiro atoms. The summed E-state index contributed by atoms with van der Waals surface area (Å²) in [5.41, 5.74) is 0.314. The molecule has 0 saturated carbocycles. The van der Waals surface area contributed by atoms with E-state index in [1.165, 1.54) is 61.5 Å². The normalized spacial score (nSPS) is 12.0. The maximum absolute atomic E-state index is 12.2. The third kappa shape index (κ3) is 5.63. The van der Waals surface area contributed by atoms with Crippen LogP contribution in [0.3, 0.4) is 0 Å². The minimum atomic E-state index is -3.64. The Morgan fingerprint density at radius 2 is 1.82 bits per heavy atom. The van der Waals surface area contributed by atoms with Gasteiger partial charge in [0.05, 0.1) is 9.82 Å². The molecular weight excluding hydrogens is 386 g/mol. The monoisotopic (exact) mass is 405 g/mol. The third-order valence-electron chi connectivity index (χ3n) is 3.58. The summed E-state index contributed by atoms with van der Waals surface area (Å²) >= 11 is 0. The number of ether oxygens (including phenoxy) is 1. The molecule has 0 radical (unpaired) electrons. The number of nitro groups is 1. The van der Waals surface area contributed by atoms with Crippen LogP contribution in [0.2, 0.25) is 0 Å². The first-order valence-corrected chi connectivity index (χ1v) is 9.64. The first-order chi connectivity index (χ1) is 13.2. The fourth-order valence-electron chi connectivity index (χ4n) is 2.12. The van der Waals surface area contributed by atoms with Crippen molar-refractivity contribution in [3.05, 3.63) is 71.3 Å². The molecule has 9 nitrogen and oxygen atoms in total. The molecule has 0 aliphatic carbocycles. The Hall–Kier alpha value is -3.24. The van der Waals surface area contributed by atoms with E-state index in [0.29, 0.717) is 11.4 Å². The van der Waals surface area contributed by atoms with Crippen molar-refractivity contribution in [3.63, 3.8) is 0 Å². The van der Waals surface area contributed by atoms with E-state index in [4.69, 9.17) is 4.74 Å². The van der Waals surface area contributed by atoms with Gasteiger partial charge in [-0.15, -0.1) is 6.58 Å². The van der Waals surface area contributed by atoms with Crippen LogP contribution in [0, 0.1) is 10.1 Å². The number of anilines is 1. The van der Waals surface area contributed by atoms with Gasteiger partial charge >= 0.3 is 0 Å². The number of benzene rings is 2. The second-order valence-electron chi connectivity index (χ2n) is 5.67. The fraction of sp³-hybridized carbons (Fsp3) is 0.167. The van der Waals surface area contributed by atoms with Crippen LogP contribution < -0.4 is 14.8 Å². The highest BCUT2D eigenvalue weighted by atomic mass is 32.2. The lowest BCUT2D eigenvalue weighted by Crippen LogP contribution is -2.30. The number of carbonyl (C=O) groups is 1. The molecule has 0 fully saturated rings. The third-order valence-corrected chi connectivity index (χ3v) is 5.02. The van der Waals surface area contributed by atoms with Gasteiger partial charge in [0.1, 0.15) is 5.75 Å². The predicted molar refractivity (Wildman–Crippen MR) is 104 cm³/mol. The van der Waals surface area contributed by atoms with Gasteiger partial charge in [-0.05, 0) is 43.3 Å². The highest BCUT2D eigenvalue weighted by Gasteiger charge is 2.17. The summed E-state index contributed by atoms with van der Waals surface area (Å²) in [6, 6.07) is 11.0. The number of hydrogen-bond acceptors (Lipinski definition) is 6. The molecule has 10 heteroatoms. The first-order valence-electron chi connectivity index (χ1n) is 8.15. The summed E-state index contributed by atoms with van der Waals surface area (Å²) in [4.78, 5) is 22.4. The zero-order chi connectivity index (χ0) is 20.7. The zero-order valence-corrected chi connectivity index (χ0v) is 15.8. The van der Waals surface area contributed by atoms with Gasteiger partial charge in [-0.25, -0.2) is 13.1 Å². The standard InChI is InChI=1S/C18H19N3O6S/c1-3-12-19-28(25,26)17-10-4-14(5-11-17)20-18(22)13(2)27-16-8-6-15(7-9-16)21(23)24/h3-11,13,19H,1,12H2,2H3,(H,20,22)/t13-/m1/s1. The Bertz CT molecular complexity index is 956. The number of nitrogens with one attached hydrogen (secondary N) is 2. The number of carbonyl (C=O) groups excluding carboxylic acids is 1. The van der Waals surface area contributed by atoms with Crippen molar-refractivity contribution in [2.75, 3.05) is 11.9 Å². The Labute approximate surface area is 162 Å². The van der Waals surface area contributed by atoms with Crippen LogP contribution in [-0.2, 0) is 14.8 Å². The van der Waals surface area contributed by atoms with E-state index in [0.717, 1.165) is 0 Å². The van der Waals surface area contributed by atoms with Crippen molar-refractivity contribution in [2.24, 2.45) is 0 Å². The number of amides is 1. The lowest BCUT2D eigenvalue weighted by molar-refractivity contribution is -0.384. The first kappa shape index (κ1) is 21.1. The quantitative estimate of drug-likeness (QED) is 0.375. The molecule has 28 heavy (non-hydrogen) atoms. The molecule has 1 atom stereocenters. The van der Waals surface area contributed by atoms with Gasteiger partial charge in [0.2, 0.25) is 10.0 Å². The predicted octanol–water partition coefficient (Wildman–Crippen LogP) is 2.47. The second kappa shape index (κ2) is 9.11. The second-order valence-corrected chi connectivity index (χ2v) is 7.43. The molecule has 2 rings (SSSR count). The maximum Gasteiger partial charge on any atom is 0.269 e. The van der Waals surface area contributed by atoms with Crippen molar-refractivity contribution in [2.45, 2.75) is 17.9 Å². The molecule has 0 bridgehead atoms. The summed E-state index contributed by atoms with van der Waals surface area (Å²) in [6.45, 7) is 5.08. The van der Waals surface area contributed by atoms with Crippen molar-refractivity contribution in [1.29, 1.82) is 0 Å². The van der Waals surface area contributed by atoms with Crippen molar-refractivity contribution in [3.8, 4) is 5.75 Å². The highest BCUT2D eigenvalue weighted by molar-refractivity contribution is 7.89. The number of sulfonamides is 1. The lowest BCUT2D eigenvalue weighted by Gasteiger charge is -2.15. The summed E-state index contributed by atoms with van der Waals surface area (Å²) in [6.07, 6.45) is 0.553. The van der Waals surface area contributed by atoms with Crippen LogP contribution in [0.1, 0.15) is 6.92 Å². The molecule has 148 valence electrons. The minimum Gasteiger partial charge on any atom is -0.481 e. The SMILES string of the molecule is C=CCNS(=O)(=O)c1ccc(NC(=O)[C@@H](C)Oc2ccc([N+](=O)[O-])cc2)cc1. The molecule has 2 aromatic rings. The zero-order valence-electron chi connectivity index (χ0n) is 15.0. The van der Waals surface area contributed by atoms with Gasteiger partial charge in [-0.3, -0.25) is 14.9 Å². The van der Waals surface area contributed by atoms with Crippen LogP contribution in [0.5, 0.6) is 5.75 Å². The summed E-state index contributed by atoms with van der Waals surface area (Å²) < 4.78 is 31.8. The molecule has 0 aromatic heterocycles. The number of rotatable bonds is 9. The molecule has 1 amide bonds. The molecule has 0 aliphatic heterocycles. The molecular formula is C18H19N3O6S. The van der Waals surface area contributed by atoms with Gasteiger partial charge in [-0.2, -0.15) is 0 Å². The largest absolute Gasteiger partial charge is 0.481 e. The van der Waals surface area contributed by atoms with E-state index in [9.17, 15) is 23.3 Å². The summed E-state index contributed by atoms with van der Waals surface area (Å²) in [5.74, 6) is -0.151. The molecule has 0 unspecified atom stereocenters. The average molecular weight is 405 g/mol.